The lowest BCUT2D eigenvalue weighted by Gasteiger charge is -2.56. The fourth-order valence-corrected chi connectivity index (χ4v) is 4.65. The number of hydrogen-bond donors (Lipinski definition) is 0. The molecule has 138 valence electrons. The first-order valence-corrected chi connectivity index (χ1v) is 9.50. The maximum Gasteiger partial charge on any atom is 0.274 e. The number of aryl methyl sites for hydroxylation is 1. The van der Waals surface area contributed by atoms with E-state index in [1.807, 2.05) is 25.8 Å². The molecule has 0 unspecified atom stereocenters. The second-order valence-corrected chi connectivity index (χ2v) is 7.33. The second kappa shape index (κ2) is 7.28. The molecule has 2 saturated carbocycles. The van der Waals surface area contributed by atoms with Gasteiger partial charge in [-0.25, -0.2) is 4.68 Å². The fraction of sp³-hybridized carbons (Fsp3) is 0.737. The molecular weight excluding hydrogens is 318 g/mol. The van der Waals surface area contributed by atoms with Gasteiger partial charge in [0.15, 0.2) is 0 Å². The third-order valence-electron chi connectivity index (χ3n) is 5.95. The van der Waals surface area contributed by atoms with Crippen LogP contribution in [-0.4, -0.2) is 46.4 Å². The van der Waals surface area contributed by atoms with E-state index in [0.29, 0.717) is 12.2 Å². The normalized spacial score (nSPS) is 24.3. The van der Waals surface area contributed by atoms with E-state index < -0.39 is 0 Å². The molecular formula is C19H29N3O3. The highest BCUT2D eigenvalue weighted by Gasteiger charge is 2.58. The Labute approximate surface area is 149 Å². The Bertz CT molecular complexity index is 679. The summed E-state index contributed by atoms with van der Waals surface area (Å²) in [6, 6.07) is 3.19. The van der Waals surface area contributed by atoms with Crippen molar-refractivity contribution in [1.29, 1.82) is 0 Å². The number of aromatic nitrogens is 2. The highest BCUT2D eigenvalue weighted by Crippen LogP contribution is 2.56. The van der Waals surface area contributed by atoms with Crippen molar-refractivity contribution in [2.45, 2.75) is 71.1 Å². The van der Waals surface area contributed by atoms with Crippen LogP contribution in [0.25, 0.3) is 0 Å². The van der Waals surface area contributed by atoms with E-state index in [0.717, 1.165) is 32.3 Å². The van der Waals surface area contributed by atoms with Crippen molar-refractivity contribution >= 4 is 5.91 Å². The summed E-state index contributed by atoms with van der Waals surface area (Å²) in [4.78, 5) is 26.6. The standard InChI is InChI=1S/C19H29N3O3/c1-4-12-22-17(23)9-8-14(20-22)18(24)21(3)15-13-16(25-5-2)19(15)10-6-7-11-19/h8-9,15-16H,4-7,10-13H2,1-3H3/t15-,16+/m0/s1. The SMILES string of the molecule is CCCn1nc(C(=O)N(C)[C@H]2C[C@@H](OCC)C23CCCC3)ccc1=O. The minimum atomic E-state index is -0.159. The van der Waals surface area contributed by atoms with Crippen molar-refractivity contribution in [3.05, 3.63) is 28.2 Å². The smallest absolute Gasteiger partial charge is 0.274 e. The van der Waals surface area contributed by atoms with Crippen molar-refractivity contribution in [3.63, 3.8) is 0 Å². The van der Waals surface area contributed by atoms with E-state index in [-0.39, 0.29) is 29.0 Å². The molecule has 6 nitrogen and oxygen atoms in total. The van der Waals surface area contributed by atoms with Crippen LogP contribution in [0, 0.1) is 5.41 Å². The van der Waals surface area contributed by atoms with Gasteiger partial charge in [0.1, 0.15) is 5.69 Å². The summed E-state index contributed by atoms with van der Waals surface area (Å²) in [6.45, 7) is 5.27. The van der Waals surface area contributed by atoms with Gasteiger partial charge < -0.3 is 9.64 Å². The van der Waals surface area contributed by atoms with E-state index in [2.05, 4.69) is 5.10 Å². The minimum absolute atomic E-state index is 0.101. The Balaban J connectivity index is 1.79. The number of hydrogen-bond acceptors (Lipinski definition) is 4. The van der Waals surface area contributed by atoms with Gasteiger partial charge in [0.25, 0.3) is 11.5 Å². The monoisotopic (exact) mass is 347 g/mol. The van der Waals surface area contributed by atoms with Crippen LogP contribution in [0.3, 0.4) is 0 Å². The predicted molar refractivity (Wildman–Crippen MR) is 95.6 cm³/mol. The second-order valence-electron chi connectivity index (χ2n) is 7.33. The zero-order valence-electron chi connectivity index (χ0n) is 15.5. The van der Waals surface area contributed by atoms with Gasteiger partial charge in [-0.1, -0.05) is 19.8 Å². The Morgan fingerprint density at radius 3 is 2.72 bits per heavy atom. The van der Waals surface area contributed by atoms with Crippen LogP contribution >= 0.6 is 0 Å². The van der Waals surface area contributed by atoms with Gasteiger partial charge in [-0.05, 0) is 38.7 Å². The van der Waals surface area contributed by atoms with E-state index in [9.17, 15) is 9.59 Å². The fourth-order valence-electron chi connectivity index (χ4n) is 4.65. The Morgan fingerprint density at radius 2 is 2.08 bits per heavy atom. The molecule has 0 radical (unpaired) electrons. The first kappa shape index (κ1) is 18.1. The summed E-state index contributed by atoms with van der Waals surface area (Å²) in [5, 5.41) is 4.28. The molecule has 6 heteroatoms. The average Bonchev–Trinajstić information content (AvgIpc) is 3.12. The van der Waals surface area contributed by atoms with Gasteiger partial charge >= 0.3 is 0 Å². The minimum Gasteiger partial charge on any atom is -0.378 e. The first-order chi connectivity index (χ1) is 12.0. The molecule has 1 aromatic rings. The molecule has 0 aliphatic heterocycles. The van der Waals surface area contributed by atoms with Crippen LogP contribution in [0.4, 0.5) is 0 Å². The third-order valence-corrected chi connectivity index (χ3v) is 5.95. The zero-order valence-corrected chi connectivity index (χ0v) is 15.5. The highest BCUT2D eigenvalue weighted by atomic mass is 16.5. The van der Waals surface area contributed by atoms with Gasteiger partial charge in [0, 0.05) is 37.7 Å². The number of amides is 1. The summed E-state index contributed by atoms with van der Waals surface area (Å²) in [5.41, 5.74) is 0.301. The molecule has 0 bridgehead atoms. The van der Waals surface area contributed by atoms with Crippen LogP contribution in [0.5, 0.6) is 0 Å². The Kier molecular flexibility index (Phi) is 5.27. The lowest BCUT2D eigenvalue weighted by atomic mass is 9.60. The van der Waals surface area contributed by atoms with Crippen LogP contribution in [0.2, 0.25) is 0 Å². The van der Waals surface area contributed by atoms with Crippen LogP contribution in [0.1, 0.15) is 62.9 Å². The first-order valence-electron chi connectivity index (χ1n) is 9.50. The van der Waals surface area contributed by atoms with Gasteiger partial charge in [-0.15, -0.1) is 0 Å². The lowest BCUT2D eigenvalue weighted by Crippen LogP contribution is -2.64. The molecule has 1 amide bonds. The number of ether oxygens (including phenoxy) is 1. The maximum absolute atomic E-state index is 13.0. The molecule has 0 saturated heterocycles. The average molecular weight is 347 g/mol. The molecule has 0 N–H and O–H groups in total. The Morgan fingerprint density at radius 1 is 1.36 bits per heavy atom. The molecule has 0 aromatic carbocycles. The maximum atomic E-state index is 13.0. The molecule has 2 atom stereocenters. The molecule has 1 aromatic heterocycles. The molecule has 2 fully saturated rings. The van der Waals surface area contributed by atoms with Gasteiger partial charge in [-0.2, -0.15) is 5.10 Å². The van der Waals surface area contributed by atoms with E-state index in [4.69, 9.17) is 4.74 Å². The molecule has 25 heavy (non-hydrogen) atoms. The number of rotatable bonds is 6. The van der Waals surface area contributed by atoms with Crippen molar-refractivity contribution < 1.29 is 9.53 Å². The van der Waals surface area contributed by atoms with Crippen LogP contribution < -0.4 is 5.56 Å². The van der Waals surface area contributed by atoms with Crippen molar-refractivity contribution in [2.75, 3.05) is 13.7 Å². The Hall–Kier alpha value is -1.69. The van der Waals surface area contributed by atoms with E-state index in [1.54, 1.807) is 6.07 Å². The third kappa shape index (κ3) is 3.12. The van der Waals surface area contributed by atoms with Gasteiger partial charge in [-0.3, -0.25) is 9.59 Å². The molecule has 3 rings (SSSR count). The van der Waals surface area contributed by atoms with Crippen LogP contribution in [-0.2, 0) is 11.3 Å². The van der Waals surface area contributed by atoms with Gasteiger partial charge in [0.05, 0.1) is 6.10 Å². The molecule has 1 heterocycles. The largest absolute Gasteiger partial charge is 0.378 e. The molecule has 2 aliphatic carbocycles. The van der Waals surface area contributed by atoms with E-state index in [1.165, 1.54) is 23.6 Å². The van der Waals surface area contributed by atoms with Crippen molar-refractivity contribution in [2.24, 2.45) is 5.41 Å². The number of carbonyl (C=O) groups excluding carboxylic acids is 1. The summed E-state index contributed by atoms with van der Waals surface area (Å²) in [5.74, 6) is -0.101. The molecule has 1 spiro atoms. The van der Waals surface area contributed by atoms with Crippen LogP contribution in [0.15, 0.2) is 16.9 Å². The predicted octanol–water partition coefficient (Wildman–Crippen LogP) is 2.46. The van der Waals surface area contributed by atoms with Gasteiger partial charge in [0.2, 0.25) is 0 Å². The summed E-state index contributed by atoms with van der Waals surface area (Å²) in [7, 11) is 1.87. The quantitative estimate of drug-likeness (QED) is 0.793. The lowest BCUT2D eigenvalue weighted by molar-refractivity contribution is -0.152. The molecule has 2 aliphatic rings. The van der Waals surface area contributed by atoms with E-state index >= 15 is 0 Å². The zero-order chi connectivity index (χ0) is 18.0. The van der Waals surface area contributed by atoms with Crippen molar-refractivity contribution in [1.82, 2.24) is 14.7 Å². The number of carbonyl (C=O) groups is 1. The summed E-state index contributed by atoms with van der Waals surface area (Å²) in [6.07, 6.45) is 6.64. The summed E-state index contributed by atoms with van der Waals surface area (Å²) < 4.78 is 7.33. The van der Waals surface area contributed by atoms with Crippen molar-refractivity contribution in [3.8, 4) is 0 Å². The highest BCUT2D eigenvalue weighted by molar-refractivity contribution is 5.92. The summed E-state index contributed by atoms with van der Waals surface area (Å²) >= 11 is 0. The topological polar surface area (TPSA) is 64.4 Å². The number of nitrogens with zero attached hydrogens (tertiary/aromatic N) is 3.